The van der Waals surface area contributed by atoms with Crippen LogP contribution in [0.15, 0.2) is 42.5 Å². The van der Waals surface area contributed by atoms with Crippen molar-refractivity contribution in [1.29, 1.82) is 0 Å². The number of carboxylic acids is 1. The van der Waals surface area contributed by atoms with Gasteiger partial charge in [0, 0.05) is 5.39 Å². The Morgan fingerprint density at radius 1 is 1.20 bits per heavy atom. The van der Waals surface area contributed by atoms with Gasteiger partial charge in [-0.15, -0.1) is 0 Å². The molecule has 2 rings (SSSR count). The molecule has 0 saturated carbocycles. The number of halogens is 1. The molecule has 104 valence electrons. The van der Waals surface area contributed by atoms with Crippen LogP contribution in [0.5, 0.6) is 0 Å². The number of fused-ring (bicyclic) bond motifs is 1. The maximum absolute atomic E-state index is 12.1. The van der Waals surface area contributed by atoms with Gasteiger partial charge in [0.1, 0.15) is 6.04 Å². The lowest BCUT2D eigenvalue weighted by Crippen LogP contribution is -2.44. The number of rotatable bonds is 4. The van der Waals surface area contributed by atoms with Crippen LogP contribution >= 0.6 is 15.9 Å². The van der Waals surface area contributed by atoms with E-state index in [1.165, 1.54) is 11.8 Å². The minimum atomic E-state index is -1.03. The fourth-order valence-corrected chi connectivity index (χ4v) is 2.42. The third kappa shape index (κ3) is 2.67. The first-order chi connectivity index (χ1) is 9.56. The number of hydrogen-bond acceptors (Lipinski definition) is 2. The van der Waals surface area contributed by atoms with Crippen LogP contribution in [0.3, 0.4) is 0 Å². The van der Waals surface area contributed by atoms with Crippen LogP contribution in [0.25, 0.3) is 10.8 Å². The molecular weight excluding hydrogens is 322 g/mol. The van der Waals surface area contributed by atoms with Gasteiger partial charge in [-0.2, -0.15) is 0 Å². The topological polar surface area (TPSA) is 57.6 Å². The van der Waals surface area contributed by atoms with Crippen molar-refractivity contribution in [3.8, 4) is 0 Å². The van der Waals surface area contributed by atoms with E-state index in [2.05, 4.69) is 15.9 Å². The highest BCUT2D eigenvalue weighted by atomic mass is 79.9. The summed E-state index contributed by atoms with van der Waals surface area (Å²) in [6, 6.07) is 12.2. The fourth-order valence-electron chi connectivity index (χ4n) is 2.15. The number of benzene rings is 2. The summed E-state index contributed by atoms with van der Waals surface area (Å²) < 4.78 is 0. The van der Waals surface area contributed by atoms with E-state index in [9.17, 15) is 14.7 Å². The fraction of sp³-hybridized carbons (Fsp3) is 0.200. The largest absolute Gasteiger partial charge is 0.480 e. The number of hydrogen-bond donors (Lipinski definition) is 1. The van der Waals surface area contributed by atoms with Crippen LogP contribution in [-0.2, 0) is 9.59 Å². The van der Waals surface area contributed by atoms with Crippen molar-refractivity contribution in [3.63, 3.8) is 0 Å². The Morgan fingerprint density at radius 3 is 2.50 bits per heavy atom. The van der Waals surface area contributed by atoms with E-state index in [1.54, 1.807) is 6.07 Å². The predicted octanol–water partition coefficient (Wildman–Crippen LogP) is 3.04. The molecule has 2 aromatic carbocycles. The van der Waals surface area contributed by atoms with Gasteiger partial charge in [0.25, 0.3) is 0 Å². The smallest absolute Gasteiger partial charge is 0.326 e. The molecule has 0 aromatic heterocycles. The number of carbonyl (C=O) groups excluding carboxylic acids is 1. The lowest BCUT2D eigenvalue weighted by atomic mass is 10.1. The van der Waals surface area contributed by atoms with E-state index in [4.69, 9.17) is 0 Å². The van der Waals surface area contributed by atoms with Crippen molar-refractivity contribution < 1.29 is 14.7 Å². The summed E-state index contributed by atoms with van der Waals surface area (Å²) in [5.74, 6) is -1.32. The molecule has 0 bridgehead atoms. The highest BCUT2D eigenvalue weighted by molar-refractivity contribution is 9.09. The van der Waals surface area contributed by atoms with E-state index in [0.717, 1.165) is 10.8 Å². The second-order valence-electron chi connectivity index (χ2n) is 4.41. The molecule has 2 aromatic rings. The molecule has 0 fully saturated rings. The minimum absolute atomic E-state index is 0.0772. The number of nitrogens with zero attached hydrogens (tertiary/aromatic N) is 1. The standard InChI is InChI=1S/C15H14BrNO3/c1-10(15(19)20)17(14(18)9-16)13-8-4-6-11-5-2-3-7-12(11)13/h2-8,10H,9H2,1H3,(H,19,20)/t10-/m0/s1. The second-order valence-corrected chi connectivity index (χ2v) is 4.97. The summed E-state index contributed by atoms with van der Waals surface area (Å²) in [6.07, 6.45) is 0. The van der Waals surface area contributed by atoms with Gasteiger partial charge in [0.15, 0.2) is 0 Å². The number of anilines is 1. The molecule has 1 N–H and O–H groups in total. The van der Waals surface area contributed by atoms with Crippen molar-refractivity contribution >= 4 is 44.3 Å². The van der Waals surface area contributed by atoms with Gasteiger partial charge in [-0.05, 0) is 18.4 Å². The maximum atomic E-state index is 12.1. The number of carboxylic acid groups (broad SMARTS) is 1. The van der Waals surface area contributed by atoms with Gasteiger partial charge >= 0.3 is 5.97 Å². The average Bonchev–Trinajstić information content (AvgIpc) is 2.47. The third-order valence-electron chi connectivity index (χ3n) is 3.15. The Bertz CT molecular complexity index is 651. The number of aliphatic carboxylic acids is 1. The Morgan fingerprint density at radius 2 is 1.85 bits per heavy atom. The molecule has 0 radical (unpaired) electrons. The molecule has 0 aliphatic carbocycles. The van der Waals surface area contributed by atoms with E-state index < -0.39 is 12.0 Å². The first-order valence-electron chi connectivity index (χ1n) is 6.15. The number of amides is 1. The normalized spacial score (nSPS) is 12.1. The van der Waals surface area contributed by atoms with Crippen LogP contribution in [0.1, 0.15) is 6.92 Å². The van der Waals surface area contributed by atoms with Gasteiger partial charge in [0.05, 0.1) is 11.0 Å². The minimum Gasteiger partial charge on any atom is -0.480 e. The summed E-state index contributed by atoms with van der Waals surface area (Å²) in [7, 11) is 0. The van der Waals surface area contributed by atoms with Gasteiger partial charge in [0.2, 0.25) is 5.91 Å². The van der Waals surface area contributed by atoms with Crippen LogP contribution in [0.2, 0.25) is 0 Å². The molecule has 0 aliphatic heterocycles. The van der Waals surface area contributed by atoms with Crippen molar-refractivity contribution in [3.05, 3.63) is 42.5 Å². The summed E-state index contributed by atoms with van der Waals surface area (Å²) in [5, 5.41) is 11.1. The van der Waals surface area contributed by atoms with E-state index >= 15 is 0 Å². The predicted molar refractivity (Wildman–Crippen MR) is 82.3 cm³/mol. The number of alkyl halides is 1. The number of carbonyl (C=O) groups is 2. The lowest BCUT2D eigenvalue weighted by Gasteiger charge is -2.27. The molecule has 4 nitrogen and oxygen atoms in total. The molecule has 20 heavy (non-hydrogen) atoms. The summed E-state index contributed by atoms with van der Waals surface area (Å²) in [6.45, 7) is 1.50. The monoisotopic (exact) mass is 335 g/mol. The average molecular weight is 336 g/mol. The quantitative estimate of drug-likeness (QED) is 0.873. The highest BCUT2D eigenvalue weighted by Crippen LogP contribution is 2.28. The summed E-state index contributed by atoms with van der Waals surface area (Å²) >= 11 is 3.11. The van der Waals surface area contributed by atoms with Gasteiger partial charge in [-0.25, -0.2) is 4.79 Å². The first-order valence-corrected chi connectivity index (χ1v) is 7.27. The molecule has 1 atom stereocenters. The van der Waals surface area contributed by atoms with Crippen molar-refractivity contribution in [2.75, 3.05) is 10.2 Å². The van der Waals surface area contributed by atoms with E-state index in [1.807, 2.05) is 36.4 Å². The molecular formula is C15H14BrNO3. The van der Waals surface area contributed by atoms with E-state index in [0.29, 0.717) is 5.69 Å². The van der Waals surface area contributed by atoms with Gasteiger partial charge < -0.3 is 5.11 Å². The van der Waals surface area contributed by atoms with Crippen LogP contribution in [0.4, 0.5) is 5.69 Å². The Balaban J connectivity index is 2.62. The van der Waals surface area contributed by atoms with Gasteiger partial charge in [-0.1, -0.05) is 52.3 Å². The van der Waals surface area contributed by atoms with Gasteiger partial charge in [-0.3, -0.25) is 9.69 Å². The van der Waals surface area contributed by atoms with Crippen molar-refractivity contribution in [1.82, 2.24) is 0 Å². The van der Waals surface area contributed by atoms with Crippen LogP contribution in [0, 0.1) is 0 Å². The van der Waals surface area contributed by atoms with Crippen molar-refractivity contribution in [2.24, 2.45) is 0 Å². The zero-order valence-electron chi connectivity index (χ0n) is 10.9. The van der Waals surface area contributed by atoms with E-state index in [-0.39, 0.29) is 11.2 Å². The molecule has 5 heteroatoms. The zero-order chi connectivity index (χ0) is 14.7. The SMILES string of the molecule is C[C@@H](C(=O)O)N(C(=O)CBr)c1cccc2ccccc12. The molecule has 0 unspecified atom stereocenters. The Labute approximate surface area is 125 Å². The summed E-state index contributed by atoms with van der Waals surface area (Å²) in [5.41, 5.74) is 0.613. The second kappa shape index (κ2) is 6.05. The molecule has 0 saturated heterocycles. The zero-order valence-corrected chi connectivity index (χ0v) is 12.5. The molecule has 0 aliphatic rings. The molecule has 0 spiro atoms. The Kier molecular flexibility index (Phi) is 4.39. The van der Waals surface area contributed by atoms with Crippen LogP contribution in [-0.4, -0.2) is 28.4 Å². The highest BCUT2D eigenvalue weighted by Gasteiger charge is 2.27. The van der Waals surface area contributed by atoms with Crippen molar-refractivity contribution in [2.45, 2.75) is 13.0 Å². The lowest BCUT2D eigenvalue weighted by molar-refractivity contribution is -0.139. The molecule has 0 heterocycles. The maximum Gasteiger partial charge on any atom is 0.326 e. The van der Waals surface area contributed by atoms with Crippen LogP contribution < -0.4 is 4.90 Å². The first kappa shape index (κ1) is 14.5. The molecule has 1 amide bonds. The Hall–Kier alpha value is -1.88. The third-order valence-corrected chi connectivity index (χ3v) is 3.63. The summed E-state index contributed by atoms with van der Waals surface area (Å²) in [4.78, 5) is 24.7.